The van der Waals surface area contributed by atoms with Crippen molar-refractivity contribution < 1.29 is 14.8 Å². The molecule has 0 bridgehead atoms. The molecule has 7 heteroatoms. The van der Waals surface area contributed by atoms with Crippen molar-refractivity contribution in [3.8, 4) is 0 Å². The predicted molar refractivity (Wildman–Crippen MR) is 68.1 cm³/mol. The largest absolute Gasteiger partial charge is 0.480 e. The second-order valence-corrected chi connectivity index (χ2v) is 4.15. The van der Waals surface area contributed by atoms with Gasteiger partial charge in [-0.15, -0.1) is 0 Å². The van der Waals surface area contributed by atoms with E-state index < -0.39 is 16.9 Å². The third kappa shape index (κ3) is 3.59. The SMILES string of the molecule is CCCC(Nc1ccc([N+](=O)[O-])cc1Cl)C(=O)O. The highest BCUT2D eigenvalue weighted by Crippen LogP contribution is 2.27. The minimum absolute atomic E-state index is 0.131. The molecule has 1 aromatic rings. The quantitative estimate of drug-likeness (QED) is 0.613. The van der Waals surface area contributed by atoms with E-state index in [1.54, 1.807) is 0 Å². The summed E-state index contributed by atoms with van der Waals surface area (Å²) in [6, 6.07) is 3.12. The minimum atomic E-state index is -0.980. The fourth-order valence-corrected chi connectivity index (χ4v) is 1.70. The van der Waals surface area contributed by atoms with E-state index in [4.69, 9.17) is 16.7 Å². The summed E-state index contributed by atoms with van der Waals surface area (Å²) in [7, 11) is 0. The number of rotatable bonds is 6. The lowest BCUT2D eigenvalue weighted by Crippen LogP contribution is -2.29. The third-order valence-electron chi connectivity index (χ3n) is 2.37. The molecule has 1 rings (SSSR count). The molecule has 0 saturated heterocycles. The second kappa shape index (κ2) is 6.20. The van der Waals surface area contributed by atoms with Gasteiger partial charge in [-0.05, 0) is 12.5 Å². The van der Waals surface area contributed by atoms with E-state index in [0.717, 1.165) is 0 Å². The second-order valence-electron chi connectivity index (χ2n) is 3.75. The van der Waals surface area contributed by atoms with Gasteiger partial charge in [-0.2, -0.15) is 0 Å². The Balaban J connectivity index is 2.90. The van der Waals surface area contributed by atoms with Gasteiger partial charge >= 0.3 is 5.97 Å². The van der Waals surface area contributed by atoms with Crippen LogP contribution in [0.1, 0.15) is 19.8 Å². The van der Waals surface area contributed by atoms with Crippen LogP contribution >= 0.6 is 11.6 Å². The number of nitro groups is 1. The zero-order valence-corrected chi connectivity index (χ0v) is 10.5. The van der Waals surface area contributed by atoms with Crippen LogP contribution in [0.5, 0.6) is 0 Å². The number of hydrogen-bond donors (Lipinski definition) is 2. The Bertz CT molecular complexity index is 464. The summed E-state index contributed by atoms with van der Waals surface area (Å²) < 4.78 is 0. The lowest BCUT2D eigenvalue weighted by atomic mass is 10.1. The zero-order valence-electron chi connectivity index (χ0n) is 9.72. The minimum Gasteiger partial charge on any atom is -0.480 e. The van der Waals surface area contributed by atoms with Crippen LogP contribution in [0.3, 0.4) is 0 Å². The van der Waals surface area contributed by atoms with E-state index >= 15 is 0 Å². The number of nitrogens with one attached hydrogen (secondary N) is 1. The first-order valence-electron chi connectivity index (χ1n) is 5.39. The summed E-state index contributed by atoms with van der Waals surface area (Å²) >= 11 is 5.86. The van der Waals surface area contributed by atoms with Crippen LogP contribution in [-0.2, 0) is 4.79 Å². The van der Waals surface area contributed by atoms with Crippen LogP contribution in [0.25, 0.3) is 0 Å². The van der Waals surface area contributed by atoms with Gasteiger partial charge in [-0.3, -0.25) is 10.1 Å². The van der Waals surface area contributed by atoms with Gasteiger partial charge < -0.3 is 10.4 Å². The van der Waals surface area contributed by atoms with E-state index in [9.17, 15) is 14.9 Å². The first-order valence-corrected chi connectivity index (χ1v) is 5.76. The molecule has 18 heavy (non-hydrogen) atoms. The molecule has 0 aromatic heterocycles. The normalized spacial score (nSPS) is 11.9. The van der Waals surface area contributed by atoms with Crippen molar-refractivity contribution in [3.63, 3.8) is 0 Å². The Hall–Kier alpha value is -1.82. The molecule has 98 valence electrons. The van der Waals surface area contributed by atoms with Gasteiger partial charge in [0.2, 0.25) is 0 Å². The summed E-state index contributed by atoms with van der Waals surface area (Å²) in [5.41, 5.74) is 0.246. The van der Waals surface area contributed by atoms with Crippen LogP contribution in [0, 0.1) is 10.1 Å². The zero-order chi connectivity index (χ0) is 13.7. The monoisotopic (exact) mass is 272 g/mol. The number of non-ortho nitro benzene ring substituents is 1. The molecule has 1 unspecified atom stereocenters. The van der Waals surface area contributed by atoms with Crippen LogP contribution < -0.4 is 5.32 Å². The van der Waals surface area contributed by atoms with Gasteiger partial charge in [0.25, 0.3) is 5.69 Å². The Morgan fingerprint density at radius 3 is 2.72 bits per heavy atom. The number of carboxylic acid groups (broad SMARTS) is 1. The van der Waals surface area contributed by atoms with Crippen molar-refractivity contribution in [1.82, 2.24) is 0 Å². The van der Waals surface area contributed by atoms with Gasteiger partial charge in [-0.25, -0.2) is 4.79 Å². The van der Waals surface area contributed by atoms with E-state index in [-0.39, 0.29) is 10.7 Å². The first-order chi connectivity index (χ1) is 8.45. The maximum Gasteiger partial charge on any atom is 0.326 e. The predicted octanol–water partition coefficient (Wildman–Crippen LogP) is 2.91. The van der Waals surface area contributed by atoms with Crippen molar-refractivity contribution in [2.45, 2.75) is 25.8 Å². The number of halogens is 1. The molecular formula is C11H13ClN2O4. The molecule has 0 radical (unpaired) electrons. The molecule has 0 amide bonds. The van der Waals surface area contributed by atoms with E-state index in [1.165, 1.54) is 18.2 Å². The van der Waals surface area contributed by atoms with E-state index in [0.29, 0.717) is 18.5 Å². The Morgan fingerprint density at radius 1 is 1.61 bits per heavy atom. The average Bonchev–Trinajstić information content (AvgIpc) is 2.30. The molecule has 0 aliphatic rings. The molecule has 0 aliphatic heterocycles. The van der Waals surface area contributed by atoms with Crippen molar-refractivity contribution in [2.75, 3.05) is 5.32 Å². The Kier molecular flexibility index (Phi) is 4.91. The highest BCUT2D eigenvalue weighted by atomic mass is 35.5. The van der Waals surface area contributed by atoms with Gasteiger partial charge in [0.15, 0.2) is 0 Å². The molecule has 1 atom stereocenters. The highest BCUT2D eigenvalue weighted by molar-refractivity contribution is 6.33. The smallest absolute Gasteiger partial charge is 0.326 e. The molecular weight excluding hydrogens is 260 g/mol. The number of carboxylic acids is 1. The van der Waals surface area contributed by atoms with Crippen molar-refractivity contribution in [1.29, 1.82) is 0 Å². The number of anilines is 1. The molecule has 6 nitrogen and oxygen atoms in total. The number of hydrogen-bond acceptors (Lipinski definition) is 4. The number of nitrogens with zero attached hydrogens (tertiary/aromatic N) is 1. The fourth-order valence-electron chi connectivity index (χ4n) is 1.47. The molecule has 0 aliphatic carbocycles. The molecule has 1 aromatic carbocycles. The Labute approximate surface area is 109 Å². The van der Waals surface area contributed by atoms with Crippen LogP contribution in [-0.4, -0.2) is 22.0 Å². The molecule has 2 N–H and O–H groups in total. The van der Waals surface area contributed by atoms with E-state index in [1.807, 2.05) is 6.92 Å². The Morgan fingerprint density at radius 2 is 2.28 bits per heavy atom. The first kappa shape index (κ1) is 14.2. The van der Waals surface area contributed by atoms with Crippen LogP contribution in [0.2, 0.25) is 5.02 Å². The number of aliphatic carboxylic acids is 1. The molecule has 0 spiro atoms. The van der Waals surface area contributed by atoms with Gasteiger partial charge in [-0.1, -0.05) is 24.9 Å². The summed E-state index contributed by atoms with van der Waals surface area (Å²) in [6.45, 7) is 1.87. The summed E-state index contributed by atoms with van der Waals surface area (Å²) in [6.07, 6.45) is 1.15. The number of benzene rings is 1. The van der Waals surface area contributed by atoms with E-state index in [2.05, 4.69) is 5.32 Å². The lowest BCUT2D eigenvalue weighted by Gasteiger charge is -2.15. The van der Waals surface area contributed by atoms with Crippen molar-refractivity contribution in [2.24, 2.45) is 0 Å². The van der Waals surface area contributed by atoms with Crippen molar-refractivity contribution >= 4 is 28.9 Å². The molecule has 0 heterocycles. The average molecular weight is 273 g/mol. The molecule has 0 saturated carbocycles. The van der Waals surface area contributed by atoms with Crippen molar-refractivity contribution in [3.05, 3.63) is 33.3 Å². The summed E-state index contributed by atoms with van der Waals surface area (Å²) in [5, 5.41) is 22.4. The maximum absolute atomic E-state index is 11.0. The highest BCUT2D eigenvalue weighted by Gasteiger charge is 2.18. The number of carbonyl (C=O) groups is 1. The van der Waals surface area contributed by atoms with Crippen LogP contribution in [0.4, 0.5) is 11.4 Å². The third-order valence-corrected chi connectivity index (χ3v) is 2.68. The molecule has 0 fully saturated rings. The van der Waals surface area contributed by atoms with Gasteiger partial charge in [0, 0.05) is 12.1 Å². The standard InChI is InChI=1S/C11H13ClN2O4/c1-2-3-10(11(15)16)13-9-5-4-7(14(17)18)6-8(9)12/h4-6,10,13H,2-3H2,1H3,(H,15,16). The maximum atomic E-state index is 11.0. The van der Waals surface area contributed by atoms with Gasteiger partial charge in [0.1, 0.15) is 6.04 Å². The number of nitro benzene ring substituents is 1. The fraction of sp³-hybridized carbons (Fsp3) is 0.364. The van der Waals surface area contributed by atoms with Gasteiger partial charge in [0.05, 0.1) is 15.6 Å². The summed E-state index contributed by atoms with van der Waals surface area (Å²) in [4.78, 5) is 20.9. The van der Waals surface area contributed by atoms with Crippen LogP contribution in [0.15, 0.2) is 18.2 Å². The summed E-state index contributed by atoms with van der Waals surface area (Å²) in [5.74, 6) is -0.980. The lowest BCUT2D eigenvalue weighted by molar-refractivity contribution is -0.384. The topological polar surface area (TPSA) is 92.5 Å².